The topological polar surface area (TPSA) is 133 Å². The summed E-state index contributed by atoms with van der Waals surface area (Å²) in [5.74, 6) is -0.500. The van der Waals surface area contributed by atoms with Crippen LogP contribution in [0.4, 0.5) is 4.79 Å². The molecule has 0 saturated carbocycles. The Balaban J connectivity index is 1.80. The van der Waals surface area contributed by atoms with Crippen LogP contribution < -0.4 is 4.74 Å². The molecule has 2 N–H and O–H groups in total. The van der Waals surface area contributed by atoms with Crippen LogP contribution >= 0.6 is 23.7 Å². The van der Waals surface area contributed by atoms with Crippen LogP contribution in [-0.2, 0) is 9.59 Å². The van der Waals surface area contributed by atoms with Gasteiger partial charge in [0.1, 0.15) is 23.7 Å². The van der Waals surface area contributed by atoms with Crippen LogP contribution in [0.3, 0.4) is 0 Å². The summed E-state index contributed by atoms with van der Waals surface area (Å²) in [7, 11) is 1.48. The lowest BCUT2D eigenvalue weighted by molar-refractivity contribution is -0.145. The average molecular weight is 532 g/mol. The molecule has 2 aliphatic heterocycles. The van der Waals surface area contributed by atoms with Gasteiger partial charge in [-0.1, -0.05) is 30.0 Å². The molecule has 10 nitrogen and oxygen atoms in total. The summed E-state index contributed by atoms with van der Waals surface area (Å²) < 4.78 is 11.8. The van der Waals surface area contributed by atoms with E-state index in [1.807, 2.05) is 6.92 Å². The van der Waals surface area contributed by atoms with E-state index in [-0.39, 0.29) is 13.0 Å². The zero-order valence-electron chi connectivity index (χ0n) is 20.0. The van der Waals surface area contributed by atoms with E-state index in [4.69, 9.17) is 9.15 Å². The normalized spacial score (nSPS) is 17.8. The van der Waals surface area contributed by atoms with Crippen molar-refractivity contribution >= 4 is 45.7 Å². The summed E-state index contributed by atoms with van der Waals surface area (Å²) in [6.07, 6.45) is 1.95. The van der Waals surface area contributed by atoms with Crippen molar-refractivity contribution in [3.05, 3.63) is 64.4 Å². The summed E-state index contributed by atoms with van der Waals surface area (Å²) >= 11 is 1.69. The molecule has 1 atom stereocenters. The Morgan fingerprint density at radius 1 is 1.31 bits per heavy atom. The number of aromatic nitrogens is 1. The van der Waals surface area contributed by atoms with Crippen LogP contribution in [0.15, 0.2) is 57.3 Å². The third-order valence-corrected chi connectivity index (χ3v) is 8.46. The number of oxazole rings is 1. The van der Waals surface area contributed by atoms with Crippen LogP contribution in [0.2, 0.25) is 0 Å². The zero-order chi connectivity index (χ0) is 26.2. The van der Waals surface area contributed by atoms with Gasteiger partial charge >= 0.3 is 12.0 Å². The van der Waals surface area contributed by atoms with Crippen molar-refractivity contribution in [3.63, 3.8) is 0 Å². The maximum atomic E-state index is 13.9. The second-order valence-corrected chi connectivity index (χ2v) is 10.6. The summed E-state index contributed by atoms with van der Waals surface area (Å²) in [6.45, 7) is 4.29. The van der Waals surface area contributed by atoms with Gasteiger partial charge in [0.15, 0.2) is 0 Å². The van der Waals surface area contributed by atoms with Gasteiger partial charge in [-0.3, -0.25) is 9.69 Å². The molecule has 36 heavy (non-hydrogen) atoms. The predicted octanol–water partition coefficient (Wildman–Crippen LogP) is 4.27. The van der Waals surface area contributed by atoms with Gasteiger partial charge in [-0.05, 0) is 32.4 Å². The number of methoxy groups -OCH3 is 1. The fourth-order valence-electron chi connectivity index (χ4n) is 3.79. The highest BCUT2D eigenvalue weighted by Crippen LogP contribution is 2.49. The van der Waals surface area contributed by atoms with E-state index in [9.17, 15) is 24.6 Å². The number of β-amino-alcohol motifs (C(OH)–C–C–N with tert-alkyl or cyclic N) is 1. The van der Waals surface area contributed by atoms with E-state index >= 15 is 0 Å². The highest BCUT2D eigenvalue weighted by molar-refractivity contribution is 8.13. The van der Waals surface area contributed by atoms with Gasteiger partial charge in [0.05, 0.1) is 29.8 Å². The van der Waals surface area contributed by atoms with Crippen molar-refractivity contribution in [2.24, 2.45) is 0 Å². The molecule has 3 heterocycles. The van der Waals surface area contributed by atoms with Gasteiger partial charge in [0.25, 0.3) is 0 Å². The van der Waals surface area contributed by atoms with Crippen LogP contribution in [0.5, 0.6) is 5.75 Å². The number of hydrogen-bond acceptors (Lipinski definition) is 9. The van der Waals surface area contributed by atoms with Gasteiger partial charge in [0.2, 0.25) is 11.0 Å². The Bertz CT molecular complexity index is 1270. The van der Waals surface area contributed by atoms with Crippen molar-refractivity contribution in [2.75, 3.05) is 13.7 Å². The van der Waals surface area contributed by atoms with Crippen molar-refractivity contribution in [1.82, 2.24) is 14.2 Å². The molecule has 1 aromatic heterocycles. The van der Waals surface area contributed by atoms with Gasteiger partial charge in [-0.2, -0.15) is 0 Å². The number of urea groups is 1. The van der Waals surface area contributed by atoms with E-state index in [1.165, 1.54) is 38.3 Å². The lowest BCUT2D eigenvalue weighted by Gasteiger charge is -2.36. The number of carbonyl (C=O) groups excluding carboxylic acids is 2. The molecule has 0 bridgehead atoms. The fraction of sp³-hybridized carbons (Fsp3) is 0.333. The number of aliphatic hydroxyl groups is 1. The third-order valence-electron chi connectivity index (χ3n) is 5.87. The Hall–Kier alpha value is -3.22. The zero-order valence-corrected chi connectivity index (χ0v) is 21.7. The molecule has 4 rings (SSSR count). The summed E-state index contributed by atoms with van der Waals surface area (Å²) in [5, 5.41) is 20.9. The molecule has 1 unspecified atom stereocenters. The van der Waals surface area contributed by atoms with Crippen molar-refractivity contribution in [1.29, 1.82) is 0 Å². The third kappa shape index (κ3) is 4.63. The minimum absolute atomic E-state index is 0.210. The number of hydrogen-bond donors (Lipinski definition) is 2. The van der Waals surface area contributed by atoms with E-state index in [1.54, 1.807) is 24.3 Å². The molecular formula is C24H25N3O7S2. The number of ether oxygens (including phenoxy) is 1. The number of carboxylic acids is 1. The molecule has 2 aliphatic rings. The number of allylic oxidation sites excluding steroid dienone is 1. The predicted molar refractivity (Wildman–Crippen MR) is 135 cm³/mol. The van der Waals surface area contributed by atoms with E-state index in [0.29, 0.717) is 44.7 Å². The molecule has 0 aliphatic carbocycles. The number of nitrogens with zero attached hydrogens (tertiary/aromatic N) is 3. The summed E-state index contributed by atoms with van der Waals surface area (Å²) in [5.41, 5.74) is -0.110. The van der Waals surface area contributed by atoms with E-state index < -0.39 is 28.8 Å². The minimum Gasteiger partial charge on any atom is -0.496 e. The smallest absolute Gasteiger partial charge is 0.336 e. The maximum absolute atomic E-state index is 13.9. The number of amides is 2. The van der Waals surface area contributed by atoms with Crippen molar-refractivity contribution < 1.29 is 33.8 Å². The quantitative estimate of drug-likeness (QED) is 0.499. The Kier molecular flexibility index (Phi) is 7.21. The van der Waals surface area contributed by atoms with Crippen molar-refractivity contribution in [2.45, 2.75) is 38.8 Å². The Morgan fingerprint density at radius 3 is 2.67 bits per heavy atom. The molecule has 0 saturated heterocycles. The SMILES string of the molecule is COc1ccccc1C(O)CN1C(=O)N(C(C)(C)C(=O)O)SC(=O)C2=C1SC(c1ncco1)=C(C)C2. The number of benzene rings is 1. The molecule has 190 valence electrons. The van der Waals surface area contributed by atoms with Gasteiger partial charge in [-0.15, -0.1) is 0 Å². The molecule has 0 radical (unpaired) electrons. The van der Waals surface area contributed by atoms with E-state index in [0.717, 1.165) is 21.6 Å². The molecule has 2 amide bonds. The Labute approximate surface area is 216 Å². The molecule has 12 heteroatoms. The first-order valence-corrected chi connectivity index (χ1v) is 12.5. The molecule has 2 aromatic rings. The first kappa shape index (κ1) is 25.9. The number of para-hydroxylation sites is 1. The largest absolute Gasteiger partial charge is 0.496 e. The van der Waals surface area contributed by atoms with Crippen LogP contribution in [-0.4, -0.2) is 60.7 Å². The number of carboxylic acid groups (broad SMARTS) is 1. The van der Waals surface area contributed by atoms with Gasteiger partial charge < -0.3 is 19.4 Å². The van der Waals surface area contributed by atoms with Crippen molar-refractivity contribution in [3.8, 4) is 5.75 Å². The second-order valence-electron chi connectivity index (χ2n) is 8.70. The van der Waals surface area contributed by atoms with E-state index in [2.05, 4.69) is 4.98 Å². The monoisotopic (exact) mass is 531 g/mol. The average Bonchev–Trinajstić information content (AvgIpc) is 3.36. The second kappa shape index (κ2) is 10.0. The standard InChI is InChI=1S/C24H25N3O7S2/c1-13-11-15-20(35-18(13)19-25-9-10-34-19)26(12-16(28)14-7-5-6-8-17(14)33-4)23(32)27(36-21(15)29)24(2,3)22(30)31/h5-10,16,28H,11-12H2,1-4H3,(H,30,31). The molecule has 1 aromatic carbocycles. The van der Waals surface area contributed by atoms with Crippen LogP contribution in [0.1, 0.15) is 44.8 Å². The summed E-state index contributed by atoms with van der Waals surface area (Å²) in [4.78, 5) is 45.4. The molecular weight excluding hydrogens is 506 g/mol. The highest BCUT2D eigenvalue weighted by atomic mass is 32.2. The lowest BCUT2D eigenvalue weighted by Crippen LogP contribution is -2.53. The minimum atomic E-state index is -1.71. The number of thioether (sulfide) groups is 1. The van der Waals surface area contributed by atoms with Crippen LogP contribution in [0, 0.1) is 0 Å². The number of aliphatic carboxylic acids is 1. The maximum Gasteiger partial charge on any atom is 0.336 e. The van der Waals surface area contributed by atoms with Crippen LogP contribution in [0.25, 0.3) is 4.91 Å². The Morgan fingerprint density at radius 2 is 2.03 bits per heavy atom. The fourth-order valence-corrected chi connectivity index (χ4v) is 5.96. The molecule has 0 fully saturated rings. The number of carbonyl (C=O) groups is 3. The van der Waals surface area contributed by atoms with Gasteiger partial charge in [0, 0.05) is 29.5 Å². The number of aliphatic hydroxyl groups excluding tert-OH is 1. The molecule has 0 spiro atoms. The summed E-state index contributed by atoms with van der Waals surface area (Å²) in [6, 6.07) is 6.12. The lowest BCUT2D eigenvalue weighted by atomic mass is 10.1. The van der Waals surface area contributed by atoms with Gasteiger partial charge in [-0.25, -0.2) is 18.9 Å². The first-order chi connectivity index (χ1) is 17.1. The first-order valence-electron chi connectivity index (χ1n) is 10.9. The number of rotatable bonds is 7. The highest BCUT2D eigenvalue weighted by Gasteiger charge is 2.47.